The number of thioether (sulfide) groups is 1. The molecule has 1 amide bonds. The van der Waals surface area contributed by atoms with Crippen LogP contribution >= 0.6 is 11.8 Å². The van der Waals surface area contributed by atoms with Crippen molar-refractivity contribution in [3.05, 3.63) is 58.3 Å². The van der Waals surface area contributed by atoms with E-state index in [0.29, 0.717) is 25.1 Å². The van der Waals surface area contributed by atoms with Gasteiger partial charge in [0.25, 0.3) is 5.56 Å². The van der Waals surface area contributed by atoms with Crippen molar-refractivity contribution < 1.29 is 4.79 Å². The molecule has 0 atom stereocenters. The van der Waals surface area contributed by atoms with Crippen LogP contribution in [-0.2, 0) is 11.3 Å². The van der Waals surface area contributed by atoms with Gasteiger partial charge in [0.1, 0.15) is 0 Å². The first-order valence-electron chi connectivity index (χ1n) is 7.55. The number of hydrogen-bond acceptors (Lipinski definition) is 4. The minimum atomic E-state index is -0.0496. The first-order chi connectivity index (χ1) is 11.1. The molecule has 5 nitrogen and oxygen atoms in total. The highest BCUT2D eigenvalue weighted by atomic mass is 32.2. The molecule has 0 fully saturated rings. The van der Waals surface area contributed by atoms with Crippen molar-refractivity contribution in [2.24, 2.45) is 0 Å². The summed E-state index contributed by atoms with van der Waals surface area (Å²) in [7, 11) is 0. The van der Waals surface area contributed by atoms with Crippen LogP contribution < -0.4 is 10.9 Å². The summed E-state index contributed by atoms with van der Waals surface area (Å²) in [6.45, 7) is 4.44. The van der Waals surface area contributed by atoms with E-state index in [2.05, 4.69) is 10.3 Å². The number of carbonyl (C=O) groups is 1. The Morgan fingerprint density at radius 2 is 2.00 bits per heavy atom. The molecule has 2 aromatic rings. The van der Waals surface area contributed by atoms with Gasteiger partial charge in [-0.1, -0.05) is 18.2 Å². The lowest BCUT2D eigenvalue weighted by Gasteiger charge is -2.09. The second-order valence-electron chi connectivity index (χ2n) is 5.21. The number of hydrogen-bond donors (Lipinski definition) is 1. The molecular weight excluding hydrogens is 310 g/mol. The second-order valence-corrected chi connectivity index (χ2v) is 6.38. The fourth-order valence-electron chi connectivity index (χ4n) is 2.02. The number of nitrogens with zero attached hydrogens (tertiary/aromatic N) is 2. The highest BCUT2D eigenvalue weighted by Crippen LogP contribution is 2.17. The zero-order valence-electron chi connectivity index (χ0n) is 13.4. The smallest absolute Gasteiger partial charge is 0.256 e. The summed E-state index contributed by atoms with van der Waals surface area (Å²) in [5, 5.41) is 2.84. The molecule has 0 aliphatic heterocycles. The van der Waals surface area contributed by atoms with Crippen LogP contribution in [0.4, 0.5) is 0 Å². The predicted octanol–water partition coefficient (Wildman–Crippen LogP) is 2.16. The summed E-state index contributed by atoms with van der Waals surface area (Å²) in [6, 6.07) is 10.00. The monoisotopic (exact) mass is 331 g/mol. The van der Waals surface area contributed by atoms with Crippen molar-refractivity contribution in [2.75, 3.05) is 12.3 Å². The molecule has 1 aromatic carbocycles. The van der Waals surface area contributed by atoms with Crippen molar-refractivity contribution in [3.63, 3.8) is 0 Å². The third-order valence-electron chi connectivity index (χ3n) is 3.53. The second kappa shape index (κ2) is 8.53. The van der Waals surface area contributed by atoms with Crippen LogP contribution in [0.25, 0.3) is 0 Å². The normalized spacial score (nSPS) is 10.5. The molecule has 6 heteroatoms. The third kappa shape index (κ3) is 5.25. The molecule has 122 valence electrons. The Labute approximate surface area is 140 Å². The Kier molecular flexibility index (Phi) is 6.40. The first kappa shape index (κ1) is 17.3. The lowest BCUT2D eigenvalue weighted by Crippen LogP contribution is -2.32. The quantitative estimate of drug-likeness (QED) is 0.790. The maximum Gasteiger partial charge on any atom is 0.256 e. The van der Waals surface area contributed by atoms with E-state index in [1.807, 2.05) is 37.3 Å². The van der Waals surface area contributed by atoms with Crippen LogP contribution in [0.5, 0.6) is 0 Å². The van der Waals surface area contributed by atoms with Gasteiger partial charge in [-0.3, -0.25) is 14.2 Å². The van der Waals surface area contributed by atoms with Gasteiger partial charge >= 0.3 is 0 Å². The Morgan fingerprint density at radius 3 is 2.74 bits per heavy atom. The lowest BCUT2D eigenvalue weighted by molar-refractivity contribution is -0.120. The molecule has 1 aromatic heterocycles. The average molecular weight is 331 g/mol. The number of aromatic nitrogens is 2. The zero-order valence-corrected chi connectivity index (χ0v) is 14.2. The van der Waals surface area contributed by atoms with Crippen LogP contribution in [-0.4, -0.2) is 27.8 Å². The van der Waals surface area contributed by atoms with Crippen LogP contribution in [0.3, 0.4) is 0 Å². The van der Waals surface area contributed by atoms with E-state index in [0.717, 1.165) is 16.3 Å². The molecule has 0 aliphatic rings. The molecule has 0 saturated carbocycles. The number of nitrogens with one attached hydrogen (secondary N) is 1. The average Bonchev–Trinajstić information content (AvgIpc) is 2.56. The van der Waals surface area contributed by atoms with E-state index in [1.54, 1.807) is 18.7 Å². The SMILES string of the molecule is Cc1ncn(CCNC(=O)CCSc2ccccc2)c(=O)c1C. The minimum absolute atomic E-state index is 0.00160. The van der Waals surface area contributed by atoms with Gasteiger partial charge in [0, 0.05) is 41.4 Å². The van der Waals surface area contributed by atoms with Gasteiger partial charge in [0.05, 0.1) is 6.33 Å². The number of carbonyl (C=O) groups excluding carboxylic acids is 1. The van der Waals surface area contributed by atoms with E-state index >= 15 is 0 Å². The van der Waals surface area contributed by atoms with Crippen molar-refractivity contribution in [1.29, 1.82) is 0 Å². The van der Waals surface area contributed by atoms with Gasteiger partial charge in [-0.25, -0.2) is 4.98 Å². The molecule has 0 saturated heterocycles. The largest absolute Gasteiger partial charge is 0.354 e. The molecule has 0 unspecified atom stereocenters. The summed E-state index contributed by atoms with van der Waals surface area (Å²) >= 11 is 1.66. The van der Waals surface area contributed by atoms with Gasteiger partial charge < -0.3 is 5.32 Å². The van der Waals surface area contributed by atoms with Crippen LogP contribution in [0.15, 0.2) is 46.3 Å². The maximum atomic E-state index is 12.0. The van der Waals surface area contributed by atoms with Gasteiger partial charge in [-0.05, 0) is 26.0 Å². The first-order valence-corrected chi connectivity index (χ1v) is 8.53. The molecule has 0 bridgehead atoms. The number of amides is 1. The maximum absolute atomic E-state index is 12.0. The minimum Gasteiger partial charge on any atom is -0.354 e. The van der Waals surface area contributed by atoms with Gasteiger partial charge in [0.2, 0.25) is 5.91 Å². The fourth-order valence-corrected chi connectivity index (χ4v) is 2.89. The van der Waals surface area contributed by atoms with E-state index in [-0.39, 0.29) is 11.5 Å². The number of rotatable bonds is 7. The summed E-state index contributed by atoms with van der Waals surface area (Å²) in [4.78, 5) is 29.1. The molecule has 1 heterocycles. The number of aryl methyl sites for hydroxylation is 1. The topological polar surface area (TPSA) is 64.0 Å². The van der Waals surface area contributed by atoms with Crippen LogP contribution in [0.2, 0.25) is 0 Å². The summed E-state index contributed by atoms with van der Waals surface area (Å²) < 4.78 is 1.53. The van der Waals surface area contributed by atoms with E-state index in [4.69, 9.17) is 0 Å². The van der Waals surface area contributed by atoms with Crippen molar-refractivity contribution in [3.8, 4) is 0 Å². The van der Waals surface area contributed by atoms with Gasteiger partial charge in [-0.15, -0.1) is 11.8 Å². The van der Waals surface area contributed by atoms with E-state index in [1.165, 1.54) is 10.9 Å². The Bertz CT molecular complexity index is 714. The van der Waals surface area contributed by atoms with Gasteiger partial charge in [0.15, 0.2) is 0 Å². The lowest BCUT2D eigenvalue weighted by atomic mass is 10.3. The zero-order chi connectivity index (χ0) is 16.7. The van der Waals surface area contributed by atoms with E-state index in [9.17, 15) is 9.59 Å². The summed E-state index contributed by atoms with van der Waals surface area (Å²) in [6.07, 6.45) is 1.99. The molecule has 0 aliphatic carbocycles. The molecule has 0 radical (unpaired) electrons. The van der Waals surface area contributed by atoms with Crippen LogP contribution in [0.1, 0.15) is 17.7 Å². The Hall–Kier alpha value is -2.08. The van der Waals surface area contributed by atoms with Crippen molar-refractivity contribution >= 4 is 17.7 Å². The van der Waals surface area contributed by atoms with Crippen LogP contribution in [0, 0.1) is 13.8 Å². The fraction of sp³-hybridized carbons (Fsp3) is 0.353. The summed E-state index contributed by atoms with van der Waals surface area (Å²) in [5.74, 6) is 0.735. The summed E-state index contributed by atoms with van der Waals surface area (Å²) in [5.41, 5.74) is 1.35. The third-order valence-corrected chi connectivity index (χ3v) is 4.54. The predicted molar refractivity (Wildman–Crippen MR) is 92.8 cm³/mol. The number of benzene rings is 1. The van der Waals surface area contributed by atoms with Gasteiger partial charge in [-0.2, -0.15) is 0 Å². The molecule has 23 heavy (non-hydrogen) atoms. The Morgan fingerprint density at radius 1 is 1.26 bits per heavy atom. The molecule has 0 spiro atoms. The molecule has 1 N–H and O–H groups in total. The van der Waals surface area contributed by atoms with Crippen molar-refractivity contribution in [2.45, 2.75) is 31.7 Å². The molecule has 2 rings (SSSR count). The highest BCUT2D eigenvalue weighted by Gasteiger charge is 2.05. The van der Waals surface area contributed by atoms with E-state index < -0.39 is 0 Å². The highest BCUT2D eigenvalue weighted by molar-refractivity contribution is 7.99. The molecular formula is C17H21N3O2S. The Balaban J connectivity index is 1.71. The van der Waals surface area contributed by atoms with Crippen molar-refractivity contribution in [1.82, 2.24) is 14.9 Å². The standard InChI is InChI=1S/C17H21N3O2S/c1-13-14(2)19-12-20(17(13)22)10-9-18-16(21)8-11-23-15-6-4-3-5-7-15/h3-7,12H,8-11H2,1-2H3,(H,18,21).